The van der Waals surface area contributed by atoms with Crippen molar-refractivity contribution in [2.45, 2.75) is 26.9 Å². The number of anilines is 1. The molecule has 0 saturated heterocycles. The van der Waals surface area contributed by atoms with Gasteiger partial charge in [0.25, 0.3) is 0 Å². The van der Waals surface area contributed by atoms with Gasteiger partial charge >= 0.3 is 12.1 Å². The third-order valence-electron chi connectivity index (χ3n) is 5.07. The molecule has 9 nitrogen and oxygen atoms in total. The van der Waals surface area contributed by atoms with Crippen LogP contribution in [0.3, 0.4) is 0 Å². The van der Waals surface area contributed by atoms with Crippen LogP contribution >= 0.6 is 11.6 Å². The van der Waals surface area contributed by atoms with Crippen LogP contribution in [0.25, 0.3) is 11.3 Å². The number of carbonyl (C=O) groups is 2. The second-order valence-electron chi connectivity index (χ2n) is 7.71. The summed E-state index contributed by atoms with van der Waals surface area (Å²) in [5, 5.41) is 16.2. The highest BCUT2D eigenvalue weighted by molar-refractivity contribution is 6.36. The number of amides is 1. The van der Waals surface area contributed by atoms with Gasteiger partial charge in [0.2, 0.25) is 0 Å². The average molecular weight is 521 g/mol. The summed E-state index contributed by atoms with van der Waals surface area (Å²) in [5.41, 5.74) is 2.94. The molecule has 0 fully saturated rings. The molecule has 0 aliphatic rings. The van der Waals surface area contributed by atoms with Crippen LogP contribution in [0.4, 0.5) is 10.5 Å². The summed E-state index contributed by atoms with van der Waals surface area (Å²) in [6.45, 7) is 5.53. The van der Waals surface area contributed by atoms with E-state index in [-0.39, 0.29) is 12.3 Å². The lowest BCUT2D eigenvalue weighted by molar-refractivity contribution is -0.129. The van der Waals surface area contributed by atoms with Crippen molar-refractivity contribution in [1.29, 1.82) is 0 Å². The van der Waals surface area contributed by atoms with E-state index in [1.807, 2.05) is 6.07 Å². The maximum absolute atomic E-state index is 12.6. The minimum Gasteiger partial charge on any atom is -0.477 e. The number of carboxylic acids is 1. The summed E-state index contributed by atoms with van der Waals surface area (Å²) >= 11 is 6.19. The molecule has 190 valence electrons. The first-order valence-electron chi connectivity index (χ1n) is 11.3. The second-order valence-corrected chi connectivity index (χ2v) is 8.12. The molecule has 0 spiro atoms. The molecule has 0 aliphatic heterocycles. The van der Waals surface area contributed by atoms with Crippen LogP contribution < -0.4 is 5.32 Å². The molecule has 2 aromatic carbocycles. The first kappa shape index (κ1) is 27.2. The average Bonchev–Trinajstić information content (AvgIpc) is 3.23. The van der Waals surface area contributed by atoms with Crippen molar-refractivity contribution in [2.75, 3.05) is 18.4 Å². The lowest BCUT2D eigenvalue weighted by Crippen LogP contribution is -2.17. The Labute approximate surface area is 219 Å². The summed E-state index contributed by atoms with van der Waals surface area (Å²) in [6.07, 6.45) is 0.115. The van der Waals surface area contributed by atoms with Crippen LogP contribution in [0.1, 0.15) is 36.8 Å². The Balaban J connectivity index is 1.66. The minimum atomic E-state index is -1.09. The Morgan fingerprint density at radius 2 is 1.97 bits per heavy atom. The zero-order chi connectivity index (χ0) is 26.8. The van der Waals surface area contributed by atoms with Crippen molar-refractivity contribution < 1.29 is 24.0 Å². The summed E-state index contributed by atoms with van der Waals surface area (Å²) < 4.78 is 10.9. The molecule has 2 N–H and O–H groups in total. The van der Waals surface area contributed by atoms with Gasteiger partial charge in [-0.1, -0.05) is 40.9 Å². The van der Waals surface area contributed by atoms with Crippen molar-refractivity contribution in [2.24, 2.45) is 9.98 Å². The van der Waals surface area contributed by atoms with E-state index in [0.717, 1.165) is 0 Å². The maximum atomic E-state index is 12.6. The smallest absolute Gasteiger partial charge is 0.412 e. The number of nitrogens with one attached hydrogen (secondary N) is 1. The van der Waals surface area contributed by atoms with Crippen LogP contribution in [0.2, 0.25) is 5.02 Å². The number of aryl methyl sites for hydroxylation is 1. The number of benzene rings is 2. The van der Waals surface area contributed by atoms with Gasteiger partial charge in [0.15, 0.2) is 5.76 Å². The van der Waals surface area contributed by atoms with E-state index in [9.17, 15) is 9.59 Å². The maximum Gasteiger partial charge on any atom is 0.412 e. The summed E-state index contributed by atoms with van der Waals surface area (Å²) in [7, 11) is 0. The lowest BCUT2D eigenvalue weighted by atomic mass is 10.1. The highest BCUT2D eigenvalue weighted by Crippen LogP contribution is 2.32. The van der Waals surface area contributed by atoms with Crippen LogP contribution in [0, 0.1) is 18.8 Å². The number of aromatic nitrogens is 1. The summed E-state index contributed by atoms with van der Waals surface area (Å²) in [6, 6.07) is 14.3. The molecule has 0 aliphatic carbocycles. The number of nitrogens with zero attached hydrogens (tertiary/aromatic N) is 3. The fraction of sp³-hybridized carbons (Fsp3) is 0.222. The van der Waals surface area contributed by atoms with Crippen molar-refractivity contribution >= 4 is 41.3 Å². The number of ether oxygens (including phenoxy) is 1. The van der Waals surface area contributed by atoms with Crippen molar-refractivity contribution in [3.63, 3.8) is 0 Å². The SMILES string of the molecule is CCN=C(CN=CC#Cc1ccc(-c2onc(C)c2NC(=O)OC(C)c2ccccc2Cl)cc1)C(=O)O. The van der Waals surface area contributed by atoms with E-state index in [4.69, 9.17) is 26.0 Å². The van der Waals surface area contributed by atoms with E-state index >= 15 is 0 Å². The molecule has 1 unspecified atom stereocenters. The molecule has 1 heterocycles. The number of halogens is 1. The molecule has 37 heavy (non-hydrogen) atoms. The van der Waals surface area contributed by atoms with E-state index in [2.05, 4.69) is 32.3 Å². The molecule has 0 radical (unpaired) electrons. The Bertz CT molecular complexity index is 1380. The van der Waals surface area contributed by atoms with Crippen LogP contribution in [-0.2, 0) is 9.53 Å². The van der Waals surface area contributed by atoms with Gasteiger partial charge in [0.05, 0.1) is 12.8 Å². The topological polar surface area (TPSA) is 126 Å². The van der Waals surface area contributed by atoms with Gasteiger partial charge in [0, 0.05) is 28.3 Å². The van der Waals surface area contributed by atoms with Gasteiger partial charge in [-0.2, -0.15) is 0 Å². The predicted octanol–water partition coefficient (Wildman–Crippen LogP) is 5.58. The van der Waals surface area contributed by atoms with Gasteiger partial charge in [0.1, 0.15) is 23.2 Å². The Hall–Kier alpha value is -4.42. The number of hydrogen-bond acceptors (Lipinski definition) is 7. The summed E-state index contributed by atoms with van der Waals surface area (Å²) in [4.78, 5) is 31.5. The third-order valence-corrected chi connectivity index (χ3v) is 5.42. The largest absolute Gasteiger partial charge is 0.477 e. The summed E-state index contributed by atoms with van der Waals surface area (Å²) in [5.74, 6) is 4.96. The van der Waals surface area contributed by atoms with Gasteiger partial charge < -0.3 is 14.4 Å². The molecule has 1 atom stereocenters. The number of aliphatic carboxylic acids is 1. The quantitative estimate of drug-likeness (QED) is 0.295. The van der Waals surface area contributed by atoms with E-state index in [1.165, 1.54) is 6.21 Å². The van der Waals surface area contributed by atoms with Crippen molar-refractivity contribution in [1.82, 2.24) is 5.16 Å². The first-order chi connectivity index (χ1) is 17.8. The Morgan fingerprint density at radius 1 is 1.24 bits per heavy atom. The van der Waals surface area contributed by atoms with Crippen molar-refractivity contribution in [3.05, 3.63) is 70.4 Å². The minimum absolute atomic E-state index is 0.0149. The van der Waals surface area contributed by atoms with Gasteiger partial charge in [-0.15, -0.1) is 0 Å². The van der Waals surface area contributed by atoms with Crippen molar-refractivity contribution in [3.8, 4) is 23.2 Å². The normalized spacial score (nSPS) is 12.1. The highest BCUT2D eigenvalue weighted by Gasteiger charge is 2.20. The van der Waals surface area contributed by atoms with E-state index < -0.39 is 18.2 Å². The third kappa shape index (κ3) is 7.53. The molecule has 1 aromatic heterocycles. The molecular formula is C27H25ClN4O5. The number of rotatable bonds is 8. The fourth-order valence-corrected chi connectivity index (χ4v) is 3.54. The number of carbonyl (C=O) groups excluding carboxylic acids is 1. The number of hydrogen-bond donors (Lipinski definition) is 2. The molecule has 0 saturated carbocycles. The Morgan fingerprint density at radius 3 is 2.65 bits per heavy atom. The lowest BCUT2D eigenvalue weighted by Gasteiger charge is -2.15. The number of aliphatic imine (C=N–C) groups is 2. The predicted molar refractivity (Wildman–Crippen MR) is 142 cm³/mol. The van der Waals surface area contributed by atoms with Crippen LogP contribution in [0.15, 0.2) is 63.0 Å². The standard InChI is InChI=1S/C27H25ClN4O5/c1-4-30-23(26(33)34)16-29-15-7-8-19-11-13-20(14-12-19)25-24(17(2)32-37-25)31-27(35)36-18(3)21-9-5-6-10-22(21)28/h5-6,9-15,18H,4,16H2,1-3H3,(H,31,35)(H,33,34). The molecule has 0 bridgehead atoms. The van der Waals surface area contributed by atoms with Crippen LogP contribution in [-0.4, -0.2) is 47.3 Å². The Kier molecular flexibility index (Phi) is 9.58. The molecule has 10 heteroatoms. The molecular weight excluding hydrogens is 496 g/mol. The van der Waals surface area contributed by atoms with E-state index in [1.54, 1.807) is 63.2 Å². The van der Waals surface area contributed by atoms with Crippen LogP contribution in [0.5, 0.6) is 0 Å². The molecule has 3 rings (SSSR count). The van der Waals surface area contributed by atoms with Gasteiger partial charge in [-0.25, -0.2) is 9.59 Å². The molecule has 3 aromatic rings. The number of carboxylic acid groups (broad SMARTS) is 1. The zero-order valence-electron chi connectivity index (χ0n) is 20.5. The first-order valence-corrected chi connectivity index (χ1v) is 11.7. The van der Waals surface area contributed by atoms with Gasteiger partial charge in [-0.05, 0) is 57.0 Å². The van der Waals surface area contributed by atoms with Gasteiger partial charge in [-0.3, -0.25) is 15.3 Å². The van der Waals surface area contributed by atoms with E-state index in [0.29, 0.717) is 45.4 Å². The fourth-order valence-electron chi connectivity index (χ4n) is 3.25. The monoisotopic (exact) mass is 520 g/mol. The molecule has 1 amide bonds. The second kappa shape index (κ2) is 13.0. The zero-order valence-corrected chi connectivity index (χ0v) is 21.2. The highest BCUT2D eigenvalue weighted by atomic mass is 35.5.